The molecule has 0 bridgehead atoms. The van der Waals surface area contributed by atoms with Crippen molar-refractivity contribution in [3.05, 3.63) is 53.8 Å². The number of phenols is 1. The van der Waals surface area contributed by atoms with Gasteiger partial charge in [0.2, 0.25) is 0 Å². The summed E-state index contributed by atoms with van der Waals surface area (Å²) in [5.41, 5.74) is 0.680. The molecule has 2 rings (SSSR count). The summed E-state index contributed by atoms with van der Waals surface area (Å²) in [7, 11) is 2.94. The van der Waals surface area contributed by atoms with E-state index in [1.165, 1.54) is 32.4 Å². The highest BCUT2D eigenvalue weighted by atomic mass is 16.5. The minimum Gasteiger partial charge on any atom is -0.504 e. The maximum atomic E-state index is 12.0. The summed E-state index contributed by atoms with van der Waals surface area (Å²) >= 11 is 0. The molecule has 6 nitrogen and oxygen atoms in total. The van der Waals surface area contributed by atoms with Crippen LogP contribution in [-0.2, 0) is 14.3 Å². The number of hydrogen-bond donors (Lipinski definition) is 2. The quantitative estimate of drug-likeness (QED) is 0.538. The van der Waals surface area contributed by atoms with Crippen LogP contribution in [-0.4, -0.2) is 42.1 Å². The topological polar surface area (TPSA) is 93.1 Å². The van der Waals surface area contributed by atoms with Crippen molar-refractivity contribution < 1.29 is 29.3 Å². The number of aliphatic hydroxyl groups is 1. The van der Waals surface area contributed by atoms with Crippen LogP contribution in [0.5, 0.6) is 11.5 Å². The molecule has 0 saturated heterocycles. The van der Waals surface area contributed by atoms with Gasteiger partial charge in [-0.05, 0) is 54.7 Å². The Kier molecular flexibility index (Phi) is 7.37. The third-order valence-corrected chi connectivity index (χ3v) is 4.26. The second-order valence-electron chi connectivity index (χ2n) is 6.26. The lowest BCUT2D eigenvalue weighted by Gasteiger charge is -2.22. The summed E-state index contributed by atoms with van der Waals surface area (Å²) in [4.78, 5) is 23.9. The molecule has 1 aromatic carbocycles. The molecule has 0 amide bonds. The highest BCUT2D eigenvalue weighted by molar-refractivity contribution is 6.09. The van der Waals surface area contributed by atoms with E-state index in [9.17, 15) is 19.8 Å². The van der Waals surface area contributed by atoms with Crippen molar-refractivity contribution >= 4 is 17.6 Å². The molecule has 0 spiro atoms. The van der Waals surface area contributed by atoms with Gasteiger partial charge in [0.25, 0.3) is 0 Å². The third-order valence-electron chi connectivity index (χ3n) is 4.26. The van der Waals surface area contributed by atoms with Gasteiger partial charge in [-0.2, -0.15) is 0 Å². The third kappa shape index (κ3) is 6.11. The average Bonchev–Trinajstić information content (AvgIpc) is 2.66. The summed E-state index contributed by atoms with van der Waals surface area (Å²) in [5.74, 6) is 0.233. The Morgan fingerprint density at radius 3 is 2.59 bits per heavy atom. The van der Waals surface area contributed by atoms with Gasteiger partial charge in [-0.1, -0.05) is 18.2 Å². The number of aromatic hydroxyl groups is 1. The smallest absolute Gasteiger partial charge is 0.163 e. The van der Waals surface area contributed by atoms with E-state index in [-0.39, 0.29) is 29.7 Å². The predicted molar refractivity (Wildman–Crippen MR) is 101 cm³/mol. The van der Waals surface area contributed by atoms with Crippen LogP contribution in [0.15, 0.2) is 48.3 Å². The molecule has 0 fully saturated rings. The van der Waals surface area contributed by atoms with Crippen molar-refractivity contribution in [1.82, 2.24) is 0 Å². The SMILES string of the molecule is COC1=C[C@H](/C=C/C(=O)CC(=O)/C=C/c2ccc(O)c(OC)c2)CC[C@H]1O. The van der Waals surface area contributed by atoms with Crippen LogP contribution in [0.25, 0.3) is 6.08 Å². The number of ether oxygens (including phenoxy) is 2. The standard InChI is InChI=1S/C21H24O6/c1-26-20-11-14(5-9-18(20)24)3-7-16(22)13-17(23)8-4-15-6-10-19(25)21(12-15)27-2/h3-5,7-9,11-12,15,19,24-25H,6,10,13H2,1-2H3/b7-3+,8-4+/t15-,19-/m1/s1. The first-order chi connectivity index (χ1) is 12.9. The molecule has 6 heteroatoms. The van der Waals surface area contributed by atoms with Gasteiger partial charge in [0.05, 0.1) is 20.6 Å². The molecule has 0 aromatic heterocycles. The Hall–Kier alpha value is -2.86. The molecule has 27 heavy (non-hydrogen) atoms. The molecular formula is C21H24O6. The van der Waals surface area contributed by atoms with Gasteiger partial charge < -0.3 is 19.7 Å². The van der Waals surface area contributed by atoms with Crippen LogP contribution in [0.4, 0.5) is 0 Å². The van der Waals surface area contributed by atoms with E-state index in [1.54, 1.807) is 30.4 Å². The minimum absolute atomic E-state index is 0.00223. The first-order valence-electron chi connectivity index (χ1n) is 8.65. The first-order valence-corrected chi connectivity index (χ1v) is 8.65. The Bertz CT molecular complexity index is 775. The number of carbonyl (C=O) groups is 2. The summed E-state index contributed by atoms with van der Waals surface area (Å²) in [5, 5.41) is 19.3. The Morgan fingerprint density at radius 2 is 1.89 bits per heavy atom. The van der Waals surface area contributed by atoms with Gasteiger partial charge in [-0.3, -0.25) is 9.59 Å². The molecule has 1 aliphatic rings. The molecule has 1 aromatic rings. The first kappa shape index (κ1) is 20.5. The van der Waals surface area contributed by atoms with Crippen LogP contribution < -0.4 is 4.74 Å². The number of methoxy groups -OCH3 is 2. The number of benzene rings is 1. The van der Waals surface area contributed by atoms with Gasteiger partial charge in [-0.15, -0.1) is 0 Å². The average molecular weight is 372 g/mol. The summed E-state index contributed by atoms with van der Waals surface area (Å²) in [6.45, 7) is 0. The number of phenolic OH excluding ortho intramolecular Hbond substituents is 1. The van der Waals surface area contributed by atoms with E-state index in [0.29, 0.717) is 29.9 Å². The zero-order valence-electron chi connectivity index (χ0n) is 15.4. The number of allylic oxidation sites excluding steroid dienone is 4. The second-order valence-corrected chi connectivity index (χ2v) is 6.26. The fourth-order valence-electron chi connectivity index (χ4n) is 2.76. The lowest BCUT2D eigenvalue weighted by Crippen LogP contribution is -2.19. The van der Waals surface area contributed by atoms with Crippen molar-refractivity contribution in [3.63, 3.8) is 0 Å². The van der Waals surface area contributed by atoms with Crippen molar-refractivity contribution in [2.75, 3.05) is 14.2 Å². The van der Waals surface area contributed by atoms with E-state index < -0.39 is 6.10 Å². The predicted octanol–water partition coefficient (Wildman–Crippen LogP) is 2.80. The molecule has 144 valence electrons. The van der Waals surface area contributed by atoms with Gasteiger partial charge in [0, 0.05) is 0 Å². The zero-order chi connectivity index (χ0) is 19.8. The van der Waals surface area contributed by atoms with Crippen molar-refractivity contribution in [1.29, 1.82) is 0 Å². The highest BCUT2D eigenvalue weighted by Crippen LogP contribution is 2.27. The number of hydrogen-bond acceptors (Lipinski definition) is 6. The molecule has 2 atom stereocenters. The molecule has 0 aliphatic heterocycles. The molecule has 0 heterocycles. The van der Waals surface area contributed by atoms with Crippen LogP contribution in [0, 0.1) is 5.92 Å². The Morgan fingerprint density at radius 1 is 1.15 bits per heavy atom. The van der Waals surface area contributed by atoms with Crippen LogP contribution in [0.1, 0.15) is 24.8 Å². The summed E-state index contributed by atoms with van der Waals surface area (Å²) < 4.78 is 10.1. The van der Waals surface area contributed by atoms with Gasteiger partial charge >= 0.3 is 0 Å². The normalized spacial score (nSPS) is 19.9. The van der Waals surface area contributed by atoms with Crippen molar-refractivity contribution in [2.24, 2.45) is 5.92 Å². The van der Waals surface area contributed by atoms with Gasteiger partial charge in [0.1, 0.15) is 11.9 Å². The Labute approximate surface area is 158 Å². The zero-order valence-corrected chi connectivity index (χ0v) is 15.4. The van der Waals surface area contributed by atoms with Crippen LogP contribution >= 0.6 is 0 Å². The molecule has 1 aliphatic carbocycles. The molecule has 0 unspecified atom stereocenters. The monoisotopic (exact) mass is 372 g/mol. The maximum Gasteiger partial charge on any atom is 0.163 e. The lowest BCUT2D eigenvalue weighted by molar-refractivity contribution is -0.121. The van der Waals surface area contributed by atoms with E-state index >= 15 is 0 Å². The van der Waals surface area contributed by atoms with Crippen molar-refractivity contribution in [3.8, 4) is 11.5 Å². The second kappa shape index (κ2) is 9.73. The fourth-order valence-corrected chi connectivity index (χ4v) is 2.76. The highest BCUT2D eigenvalue weighted by Gasteiger charge is 2.20. The fraction of sp³-hybridized carbons (Fsp3) is 0.333. The number of carbonyl (C=O) groups excluding carboxylic acids is 2. The summed E-state index contributed by atoms with van der Waals surface area (Å²) in [6, 6.07) is 4.71. The molecule has 2 N–H and O–H groups in total. The molecule has 0 saturated carbocycles. The molecular weight excluding hydrogens is 348 g/mol. The molecule has 0 radical (unpaired) electrons. The Balaban J connectivity index is 1.90. The van der Waals surface area contributed by atoms with Gasteiger partial charge in [-0.25, -0.2) is 0 Å². The minimum atomic E-state index is -0.597. The number of aliphatic hydroxyl groups excluding tert-OH is 1. The van der Waals surface area contributed by atoms with E-state index in [0.717, 1.165) is 0 Å². The van der Waals surface area contributed by atoms with Crippen LogP contribution in [0.3, 0.4) is 0 Å². The van der Waals surface area contributed by atoms with Crippen molar-refractivity contribution in [2.45, 2.75) is 25.4 Å². The van der Waals surface area contributed by atoms with Crippen LogP contribution in [0.2, 0.25) is 0 Å². The van der Waals surface area contributed by atoms with E-state index in [4.69, 9.17) is 9.47 Å². The number of ketones is 2. The van der Waals surface area contributed by atoms with E-state index in [1.807, 2.05) is 0 Å². The maximum absolute atomic E-state index is 12.0. The van der Waals surface area contributed by atoms with Gasteiger partial charge in [0.15, 0.2) is 23.1 Å². The lowest BCUT2D eigenvalue weighted by atomic mass is 9.92. The number of rotatable bonds is 8. The largest absolute Gasteiger partial charge is 0.504 e. The van der Waals surface area contributed by atoms with E-state index in [2.05, 4.69) is 0 Å². The summed E-state index contributed by atoms with van der Waals surface area (Å²) in [6.07, 6.45) is 8.29.